The molecule has 0 aliphatic carbocycles. The number of benzene rings is 1. The van der Waals surface area contributed by atoms with Crippen LogP contribution in [0.1, 0.15) is 18.4 Å². The predicted molar refractivity (Wildman–Crippen MR) is 120 cm³/mol. The van der Waals surface area contributed by atoms with Gasteiger partial charge in [0.1, 0.15) is 17.6 Å². The van der Waals surface area contributed by atoms with Crippen molar-refractivity contribution in [1.29, 1.82) is 0 Å². The Balaban J connectivity index is 1.53. The lowest BCUT2D eigenvalue weighted by molar-refractivity contribution is -0.124. The maximum atomic E-state index is 12.9. The van der Waals surface area contributed by atoms with Crippen LogP contribution >= 0.6 is 11.3 Å². The highest BCUT2D eigenvalue weighted by molar-refractivity contribution is 7.22. The minimum absolute atomic E-state index is 0.0194. The van der Waals surface area contributed by atoms with Crippen LogP contribution in [0.25, 0.3) is 10.3 Å². The van der Waals surface area contributed by atoms with Crippen molar-refractivity contribution in [1.82, 2.24) is 19.9 Å². The number of rotatable bonds is 5. The van der Waals surface area contributed by atoms with Gasteiger partial charge in [0.15, 0.2) is 10.8 Å². The number of nitrogens with one attached hydrogen (secondary N) is 2. The molecule has 3 aromatic rings. The monoisotopic (exact) mass is 440 g/mol. The number of amides is 2. The van der Waals surface area contributed by atoms with Crippen LogP contribution < -0.4 is 21.1 Å². The number of carbonyl (C=O) groups excluding carboxylic acids is 2. The first-order chi connectivity index (χ1) is 15.0. The van der Waals surface area contributed by atoms with Crippen molar-refractivity contribution in [2.75, 3.05) is 30.4 Å². The minimum atomic E-state index is -0.299. The summed E-state index contributed by atoms with van der Waals surface area (Å²) in [5.74, 6) is -0.377. The van der Waals surface area contributed by atoms with Gasteiger partial charge in [-0.15, -0.1) is 0 Å². The van der Waals surface area contributed by atoms with Crippen molar-refractivity contribution in [3.05, 3.63) is 46.5 Å². The first-order valence-corrected chi connectivity index (χ1v) is 11.0. The van der Waals surface area contributed by atoms with Gasteiger partial charge in [0.2, 0.25) is 11.8 Å². The van der Waals surface area contributed by atoms with E-state index in [9.17, 15) is 14.4 Å². The van der Waals surface area contributed by atoms with Crippen LogP contribution in [0, 0.1) is 12.8 Å². The van der Waals surface area contributed by atoms with E-state index >= 15 is 0 Å². The molecule has 0 unspecified atom stereocenters. The largest absolute Gasteiger partial charge is 0.359 e. The average molecular weight is 441 g/mol. The van der Waals surface area contributed by atoms with Crippen molar-refractivity contribution in [3.8, 4) is 0 Å². The van der Waals surface area contributed by atoms with Gasteiger partial charge in [-0.25, -0.2) is 4.98 Å². The number of fused-ring (bicyclic) bond motifs is 1. The molecule has 162 valence electrons. The lowest BCUT2D eigenvalue weighted by Gasteiger charge is -2.31. The molecule has 1 aliphatic rings. The molecule has 1 fully saturated rings. The van der Waals surface area contributed by atoms with Gasteiger partial charge in [0, 0.05) is 25.8 Å². The van der Waals surface area contributed by atoms with Crippen LogP contribution in [0.5, 0.6) is 0 Å². The molecule has 9 nitrogen and oxygen atoms in total. The van der Waals surface area contributed by atoms with E-state index in [1.54, 1.807) is 7.05 Å². The Morgan fingerprint density at radius 2 is 2.10 bits per heavy atom. The van der Waals surface area contributed by atoms with Gasteiger partial charge in [0.25, 0.3) is 5.56 Å². The number of hydrogen-bond acceptors (Lipinski definition) is 7. The molecule has 1 saturated heterocycles. The summed E-state index contributed by atoms with van der Waals surface area (Å²) in [4.78, 5) is 48.2. The fourth-order valence-corrected chi connectivity index (χ4v) is 4.71. The van der Waals surface area contributed by atoms with Crippen LogP contribution in [0.4, 0.5) is 10.8 Å². The summed E-state index contributed by atoms with van der Waals surface area (Å²) in [7, 11) is 1.64. The molecule has 0 saturated carbocycles. The molecule has 2 amide bonds. The first kappa shape index (κ1) is 21.0. The first-order valence-electron chi connectivity index (χ1n) is 10.1. The highest BCUT2D eigenvalue weighted by Gasteiger charge is 2.27. The molecule has 10 heteroatoms. The molecule has 2 aromatic heterocycles. The van der Waals surface area contributed by atoms with Gasteiger partial charge >= 0.3 is 0 Å². The summed E-state index contributed by atoms with van der Waals surface area (Å²) < 4.78 is 1.70. The lowest BCUT2D eigenvalue weighted by atomic mass is 9.98. The number of piperidine rings is 1. The molecule has 1 aromatic carbocycles. The molecule has 0 spiro atoms. The second-order valence-corrected chi connectivity index (χ2v) is 8.57. The summed E-state index contributed by atoms with van der Waals surface area (Å²) in [5, 5.41) is 6.21. The summed E-state index contributed by atoms with van der Waals surface area (Å²) in [5.41, 5.74) is 1.72. The molecular weight excluding hydrogens is 416 g/mol. The number of nitrogens with zero attached hydrogens (tertiary/aromatic N) is 4. The van der Waals surface area contributed by atoms with Gasteiger partial charge in [-0.05, 0) is 31.4 Å². The van der Waals surface area contributed by atoms with E-state index in [1.807, 2.05) is 36.1 Å². The van der Waals surface area contributed by atoms with E-state index in [0.29, 0.717) is 27.7 Å². The third kappa shape index (κ3) is 4.43. The number of hydrogen-bond donors (Lipinski definition) is 2. The molecule has 1 aliphatic heterocycles. The number of anilines is 2. The third-order valence-electron chi connectivity index (χ3n) is 5.41. The molecule has 3 heterocycles. The second-order valence-electron chi connectivity index (χ2n) is 7.59. The lowest BCUT2D eigenvalue weighted by Crippen LogP contribution is -2.42. The smallest absolute Gasteiger partial charge is 0.273 e. The van der Waals surface area contributed by atoms with Gasteiger partial charge in [0.05, 0.1) is 5.92 Å². The second kappa shape index (κ2) is 8.84. The highest BCUT2D eigenvalue weighted by atomic mass is 32.1. The number of thiazole rings is 1. The standard InChI is InChI=1S/C21H24N6O3S/c1-13-6-3-4-8-15(13)24-16(28)11-27-12-23-18-17(20(27)30)31-21(25-18)26-9-5-7-14(10-26)19(29)22-2/h3-4,6,8,12,14H,5,7,9-11H2,1-2H3,(H,22,29)(H,24,28)/t14-/m1/s1. The third-order valence-corrected chi connectivity index (χ3v) is 6.51. The Morgan fingerprint density at radius 1 is 1.29 bits per heavy atom. The molecule has 1 atom stereocenters. The van der Waals surface area contributed by atoms with Crippen molar-refractivity contribution in [3.63, 3.8) is 0 Å². The van der Waals surface area contributed by atoms with E-state index < -0.39 is 0 Å². The van der Waals surface area contributed by atoms with Crippen LogP contribution in [0.3, 0.4) is 0 Å². The summed E-state index contributed by atoms with van der Waals surface area (Å²) in [6.07, 6.45) is 3.07. The maximum Gasteiger partial charge on any atom is 0.273 e. The maximum absolute atomic E-state index is 12.9. The Morgan fingerprint density at radius 3 is 2.87 bits per heavy atom. The fourth-order valence-electron chi connectivity index (χ4n) is 3.71. The molecule has 31 heavy (non-hydrogen) atoms. The molecule has 0 bridgehead atoms. The minimum Gasteiger partial charge on any atom is -0.359 e. The highest BCUT2D eigenvalue weighted by Crippen LogP contribution is 2.29. The van der Waals surface area contributed by atoms with Crippen LogP contribution in [0.2, 0.25) is 0 Å². The number of aryl methyl sites for hydroxylation is 1. The molecule has 4 rings (SSSR count). The van der Waals surface area contributed by atoms with Gasteiger partial charge in [-0.2, -0.15) is 4.98 Å². The summed E-state index contributed by atoms with van der Waals surface area (Å²) >= 11 is 1.26. The summed E-state index contributed by atoms with van der Waals surface area (Å²) in [6, 6.07) is 7.46. The molecular formula is C21H24N6O3S. The van der Waals surface area contributed by atoms with E-state index in [1.165, 1.54) is 22.2 Å². The average Bonchev–Trinajstić information content (AvgIpc) is 3.22. The van der Waals surface area contributed by atoms with Gasteiger partial charge < -0.3 is 15.5 Å². The van der Waals surface area contributed by atoms with Crippen molar-refractivity contribution in [2.24, 2.45) is 5.92 Å². The Kier molecular flexibility index (Phi) is 5.99. The quantitative estimate of drug-likeness (QED) is 0.626. The number of para-hydroxylation sites is 1. The predicted octanol–water partition coefficient (Wildman–Crippen LogP) is 1.76. The van der Waals surface area contributed by atoms with E-state index in [4.69, 9.17) is 0 Å². The number of carbonyl (C=O) groups is 2. The Hall–Kier alpha value is -3.27. The zero-order chi connectivity index (χ0) is 22.0. The van der Waals surface area contributed by atoms with Crippen molar-refractivity contribution in [2.45, 2.75) is 26.3 Å². The topological polar surface area (TPSA) is 109 Å². The zero-order valence-electron chi connectivity index (χ0n) is 17.4. The SMILES string of the molecule is CNC(=O)[C@@H]1CCCN(c2nc3ncn(CC(=O)Nc4ccccc4C)c(=O)c3s2)C1. The van der Waals surface area contributed by atoms with E-state index in [2.05, 4.69) is 20.6 Å². The van der Waals surface area contributed by atoms with E-state index in [0.717, 1.165) is 24.9 Å². The normalized spacial score (nSPS) is 16.3. The Labute approximate surface area is 183 Å². The Bertz CT molecular complexity index is 1190. The van der Waals surface area contributed by atoms with Crippen LogP contribution in [-0.4, -0.2) is 46.5 Å². The number of aromatic nitrogens is 3. The van der Waals surface area contributed by atoms with Crippen LogP contribution in [-0.2, 0) is 16.1 Å². The summed E-state index contributed by atoms with van der Waals surface area (Å²) in [6.45, 7) is 3.11. The van der Waals surface area contributed by atoms with Crippen LogP contribution in [0.15, 0.2) is 35.4 Å². The van der Waals surface area contributed by atoms with E-state index in [-0.39, 0.29) is 29.8 Å². The van der Waals surface area contributed by atoms with Crippen molar-refractivity contribution >= 4 is 44.3 Å². The zero-order valence-corrected chi connectivity index (χ0v) is 18.2. The molecule has 0 radical (unpaired) electrons. The van der Waals surface area contributed by atoms with Gasteiger partial charge in [-0.3, -0.25) is 19.0 Å². The van der Waals surface area contributed by atoms with Crippen molar-refractivity contribution < 1.29 is 9.59 Å². The van der Waals surface area contributed by atoms with Gasteiger partial charge in [-0.1, -0.05) is 29.5 Å². The molecule has 2 N–H and O–H groups in total. The fraction of sp³-hybridized carbons (Fsp3) is 0.381.